The molecule has 1 aromatic heterocycles. The van der Waals surface area contributed by atoms with E-state index in [0.29, 0.717) is 53.8 Å². The maximum Gasteiger partial charge on any atom is 0.272 e. The summed E-state index contributed by atoms with van der Waals surface area (Å²) in [6, 6.07) is 19.3. The van der Waals surface area contributed by atoms with Gasteiger partial charge in [0.1, 0.15) is 5.82 Å². The van der Waals surface area contributed by atoms with E-state index >= 15 is 0 Å². The first-order valence-corrected chi connectivity index (χ1v) is 12.5. The zero-order valence-electron chi connectivity index (χ0n) is 20.5. The van der Waals surface area contributed by atoms with E-state index < -0.39 is 0 Å². The van der Waals surface area contributed by atoms with Crippen LogP contribution in [0.2, 0.25) is 0 Å². The zero-order valence-corrected chi connectivity index (χ0v) is 20.5. The molecule has 3 aromatic carbocycles. The summed E-state index contributed by atoms with van der Waals surface area (Å²) >= 11 is 0. The summed E-state index contributed by atoms with van der Waals surface area (Å²) in [5, 5.41) is 17.3. The van der Waals surface area contributed by atoms with Gasteiger partial charge >= 0.3 is 0 Å². The number of benzene rings is 3. The van der Waals surface area contributed by atoms with Gasteiger partial charge in [-0.2, -0.15) is 5.10 Å². The minimum atomic E-state index is -0.373. The lowest BCUT2D eigenvalue weighted by Gasteiger charge is -2.22. The van der Waals surface area contributed by atoms with Gasteiger partial charge in [0.05, 0.1) is 17.7 Å². The van der Waals surface area contributed by atoms with Gasteiger partial charge in [0.2, 0.25) is 0 Å². The molecule has 37 heavy (non-hydrogen) atoms. The maximum atomic E-state index is 15.0. The zero-order chi connectivity index (χ0) is 25.8. The largest absolute Gasteiger partial charge is 0.395 e. The number of aromatic amines is 1. The lowest BCUT2D eigenvalue weighted by Crippen LogP contribution is -2.35. The highest BCUT2D eigenvalue weighted by atomic mass is 19.1. The predicted molar refractivity (Wildman–Crippen MR) is 141 cm³/mol. The molecule has 1 amide bonds. The first-order valence-electron chi connectivity index (χ1n) is 12.5. The SMILES string of the molecule is O=C(c1cccc(-c2cc(Cc3n[nH]c(=O)c4ccccc34)ccc2F)c1)N1CCCN(CCO)CC1. The highest BCUT2D eigenvalue weighted by molar-refractivity contribution is 5.95. The summed E-state index contributed by atoms with van der Waals surface area (Å²) in [6.07, 6.45) is 1.26. The Balaban J connectivity index is 1.40. The molecule has 7 nitrogen and oxygen atoms in total. The number of fused-ring (bicyclic) bond motifs is 1. The van der Waals surface area contributed by atoms with Crippen molar-refractivity contribution in [3.8, 4) is 11.1 Å². The number of H-pyrrole nitrogens is 1. The van der Waals surface area contributed by atoms with Crippen LogP contribution in [-0.2, 0) is 6.42 Å². The number of hydrogen-bond acceptors (Lipinski definition) is 5. The van der Waals surface area contributed by atoms with E-state index in [-0.39, 0.29) is 23.9 Å². The predicted octanol–water partition coefficient (Wildman–Crippen LogP) is 3.46. The lowest BCUT2D eigenvalue weighted by molar-refractivity contribution is 0.0760. The molecule has 0 saturated carbocycles. The highest BCUT2D eigenvalue weighted by Gasteiger charge is 2.21. The average Bonchev–Trinajstić information content (AvgIpc) is 3.17. The van der Waals surface area contributed by atoms with Gasteiger partial charge in [0.15, 0.2) is 0 Å². The monoisotopic (exact) mass is 500 g/mol. The van der Waals surface area contributed by atoms with E-state index in [1.807, 2.05) is 23.1 Å². The van der Waals surface area contributed by atoms with Crippen LogP contribution in [0, 0.1) is 5.82 Å². The molecular weight excluding hydrogens is 471 g/mol. The van der Waals surface area contributed by atoms with Crippen molar-refractivity contribution in [1.29, 1.82) is 0 Å². The van der Waals surface area contributed by atoms with Crippen LogP contribution in [0.5, 0.6) is 0 Å². The van der Waals surface area contributed by atoms with E-state index in [9.17, 15) is 19.1 Å². The number of rotatable bonds is 6. The van der Waals surface area contributed by atoms with Crippen LogP contribution in [0.4, 0.5) is 4.39 Å². The highest BCUT2D eigenvalue weighted by Crippen LogP contribution is 2.27. The van der Waals surface area contributed by atoms with Gasteiger partial charge in [0.25, 0.3) is 11.5 Å². The van der Waals surface area contributed by atoms with E-state index in [2.05, 4.69) is 15.1 Å². The Morgan fingerprint density at radius 2 is 1.81 bits per heavy atom. The van der Waals surface area contributed by atoms with E-state index in [0.717, 1.165) is 30.5 Å². The quantitative estimate of drug-likeness (QED) is 0.423. The molecule has 1 aliphatic rings. The third-order valence-corrected chi connectivity index (χ3v) is 6.89. The van der Waals surface area contributed by atoms with Gasteiger partial charge in [-0.05, 0) is 54.4 Å². The van der Waals surface area contributed by atoms with Gasteiger partial charge in [-0.3, -0.25) is 14.5 Å². The molecule has 0 radical (unpaired) electrons. The summed E-state index contributed by atoms with van der Waals surface area (Å²) in [5.74, 6) is -0.449. The minimum absolute atomic E-state index is 0.0758. The normalized spacial score (nSPS) is 14.6. The molecule has 5 rings (SSSR count). The van der Waals surface area contributed by atoms with Crippen molar-refractivity contribution in [1.82, 2.24) is 20.0 Å². The van der Waals surface area contributed by atoms with E-state index in [1.54, 1.807) is 42.5 Å². The number of hydrogen-bond donors (Lipinski definition) is 2. The minimum Gasteiger partial charge on any atom is -0.395 e. The summed E-state index contributed by atoms with van der Waals surface area (Å²) in [5.41, 5.74) is 2.85. The molecule has 1 fully saturated rings. The Morgan fingerprint density at radius 1 is 0.973 bits per heavy atom. The third kappa shape index (κ3) is 5.45. The molecule has 0 bridgehead atoms. The molecule has 2 heterocycles. The number of aliphatic hydroxyl groups is 1. The molecule has 4 aromatic rings. The fraction of sp³-hybridized carbons (Fsp3) is 0.276. The van der Waals surface area contributed by atoms with Crippen molar-refractivity contribution in [3.05, 3.63) is 99.7 Å². The average molecular weight is 501 g/mol. The molecule has 0 aliphatic carbocycles. The van der Waals surface area contributed by atoms with E-state index in [4.69, 9.17) is 0 Å². The molecule has 8 heteroatoms. The second-order valence-electron chi connectivity index (χ2n) is 9.33. The summed E-state index contributed by atoms with van der Waals surface area (Å²) < 4.78 is 15.0. The molecule has 2 N–H and O–H groups in total. The maximum absolute atomic E-state index is 15.0. The van der Waals surface area contributed by atoms with Gasteiger partial charge < -0.3 is 10.0 Å². The molecule has 1 aliphatic heterocycles. The number of halogens is 1. The summed E-state index contributed by atoms with van der Waals surface area (Å²) in [6.45, 7) is 3.52. The van der Waals surface area contributed by atoms with Crippen LogP contribution in [0.25, 0.3) is 21.9 Å². The lowest BCUT2D eigenvalue weighted by atomic mass is 9.97. The van der Waals surface area contributed by atoms with Gasteiger partial charge in [-0.1, -0.05) is 36.4 Å². The van der Waals surface area contributed by atoms with Gasteiger partial charge in [-0.25, -0.2) is 9.49 Å². The number of carbonyl (C=O) groups is 1. The Hall–Kier alpha value is -3.88. The van der Waals surface area contributed by atoms with Crippen LogP contribution < -0.4 is 5.56 Å². The molecule has 190 valence electrons. The van der Waals surface area contributed by atoms with Crippen LogP contribution in [0.3, 0.4) is 0 Å². The topological polar surface area (TPSA) is 89.5 Å². The molecular formula is C29H29FN4O3. The van der Waals surface area contributed by atoms with Crippen LogP contribution >= 0.6 is 0 Å². The fourth-order valence-electron chi connectivity index (χ4n) is 4.94. The van der Waals surface area contributed by atoms with Crippen molar-refractivity contribution >= 4 is 16.7 Å². The van der Waals surface area contributed by atoms with Gasteiger partial charge in [-0.15, -0.1) is 0 Å². The Morgan fingerprint density at radius 3 is 2.65 bits per heavy atom. The Bertz CT molecular complexity index is 1490. The van der Waals surface area contributed by atoms with E-state index in [1.165, 1.54) is 6.07 Å². The Kier molecular flexibility index (Phi) is 7.39. The van der Waals surface area contributed by atoms with Crippen molar-refractivity contribution in [3.63, 3.8) is 0 Å². The number of aromatic nitrogens is 2. The number of aliphatic hydroxyl groups excluding tert-OH is 1. The van der Waals surface area contributed by atoms with Gasteiger partial charge in [0, 0.05) is 49.1 Å². The fourth-order valence-corrected chi connectivity index (χ4v) is 4.94. The van der Waals surface area contributed by atoms with Crippen molar-refractivity contribution in [2.24, 2.45) is 0 Å². The third-order valence-electron chi connectivity index (χ3n) is 6.89. The smallest absolute Gasteiger partial charge is 0.272 e. The second kappa shape index (κ2) is 11.0. The number of nitrogens with one attached hydrogen (secondary N) is 1. The first-order chi connectivity index (χ1) is 18.0. The number of carbonyl (C=O) groups excluding carboxylic acids is 1. The Labute approximate surface area is 214 Å². The second-order valence-corrected chi connectivity index (χ2v) is 9.33. The van der Waals surface area contributed by atoms with Crippen LogP contribution in [0.1, 0.15) is 28.0 Å². The molecule has 0 unspecified atom stereocenters. The summed E-state index contributed by atoms with van der Waals surface area (Å²) in [4.78, 5) is 29.4. The molecule has 1 saturated heterocycles. The standard InChI is InChI=1S/C29H29FN4O3/c30-26-10-9-20(18-27-23-7-1-2-8-24(23)28(36)32-31-27)17-25(26)21-5-3-6-22(19-21)29(37)34-12-4-11-33(13-14-34)15-16-35/h1-3,5-10,17,19,35H,4,11-16,18H2,(H,32,36). The first kappa shape index (κ1) is 24.8. The van der Waals surface area contributed by atoms with Crippen molar-refractivity contribution in [2.75, 3.05) is 39.3 Å². The molecule has 0 spiro atoms. The number of nitrogens with zero attached hydrogens (tertiary/aromatic N) is 3. The van der Waals surface area contributed by atoms with Crippen LogP contribution in [-0.4, -0.2) is 70.3 Å². The number of β-amino-alcohol motifs (C(OH)–C–C–N with tert-alkyl or cyclic N) is 1. The van der Waals surface area contributed by atoms with Crippen molar-refractivity contribution < 1.29 is 14.3 Å². The van der Waals surface area contributed by atoms with Crippen LogP contribution in [0.15, 0.2) is 71.5 Å². The summed E-state index contributed by atoms with van der Waals surface area (Å²) in [7, 11) is 0. The van der Waals surface area contributed by atoms with Crippen molar-refractivity contribution in [2.45, 2.75) is 12.8 Å². The number of amides is 1. The molecule has 0 atom stereocenters.